The molecule has 1 aliphatic heterocycles. The van der Waals surface area contributed by atoms with E-state index in [9.17, 15) is 0 Å². The van der Waals surface area contributed by atoms with Crippen molar-refractivity contribution in [2.24, 2.45) is 7.05 Å². The van der Waals surface area contributed by atoms with Gasteiger partial charge in [0.2, 0.25) is 4.83 Å². The Morgan fingerprint density at radius 3 is 3.00 bits per heavy atom. The van der Waals surface area contributed by atoms with Gasteiger partial charge in [0.25, 0.3) is 5.82 Å². The number of aryl methyl sites for hydroxylation is 1. The first-order valence-electron chi connectivity index (χ1n) is 6.52. The molecule has 0 amide bonds. The summed E-state index contributed by atoms with van der Waals surface area (Å²) in [5, 5.41) is 1.24. The number of fused-ring (bicyclic) bond motifs is 7. The van der Waals surface area contributed by atoms with Crippen LogP contribution in [0.5, 0.6) is 0 Å². The summed E-state index contributed by atoms with van der Waals surface area (Å²) in [7, 11) is 2.14. The summed E-state index contributed by atoms with van der Waals surface area (Å²) in [5.74, 6) is 1.27. The molecule has 0 saturated carbocycles. The van der Waals surface area contributed by atoms with Gasteiger partial charge in [-0.3, -0.25) is 9.97 Å². The van der Waals surface area contributed by atoms with Crippen molar-refractivity contribution in [3.63, 3.8) is 0 Å². The SMILES string of the molecule is Cn1c2[n+](c3sc4ccncc4c31)Cc1cnccc1-2. The average Bonchev–Trinajstić information content (AvgIpc) is 3.10. The third-order valence-electron chi connectivity index (χ3n) is 4.07. The number of imidazole rings is 1. The molecular weight excluding hydrogens is 268 g/mol. The maximum Gasteiger partial charge on any atom is 0.291 e. The van der Waals surface area contributed by atoms with Crippen LogP contribution in [0.15, 0.2) is 36.9 Å². The number of hydrogen-bond acceptors (Lipinski definition) is 3. The maximum atomic E-state index is 4.28. The predicted molar refractivity (Wildman–Crippen MR) is 78.6 cm³/mol. The Balaban J connectivity index is 1.98. The highest BCUT2D eigenvalue weighted by molar-refractivity contribution is 7.25. The largest absolute Gasteiger partial charge is 0.291 e. The van der Waals surface area contributed by atoms with Gasteiger partial charge in [0.15, 0.2) is 5.52 Å². The minimum absolute atomic E-state index is 0.913. The summed E-state index contributed by atoms with van der Waals surface area (Å²) in [4.78, 5) is 9.84. The lowest BCUT2D eigenvalue weighted by atomic mass is 10.2. The van der Waals surface area contributed by atoms with Crippen LogP contribution in [0, 0.1) is 0 Å². The van der Waals surface area contributed by atoms with Crippen LogP contribution in [0.4, 0.5) is 0 Å². The summed E-state index contributed by atoms with van der Waals surface area (Å²) in [6, 6.07) is 4.20. The summed E-state index contributed by atoms with van der Waals surface area (Å²) in [5.41, 5.74) is 3.88. The summed E-state index contributed by atoms with van der Waals surface area (Å²) in [6.07, 6.45) is 7.68. The molecule has 4 aromatic heterocycles. The van der Waals surface area contributed by atoms with Crippen LogP contribution < -0.4 is 4.57 Å². The minimum Gasteiger partial charge on any atom is -0.264 e. The fourth-order valence-electron chi connectivity index (χ4n) is 3.22. The van der Waals surface area contributed by atoms with Crippen molar-refractivity contribution in [1.29, 1.82) is 0 Å². The molecular formula is C15H11N4S+. The standard InChI is InChI=1S/C15H11N4S/c1-18-13-11-7-17-5-3-12(11)20-15(13)19-8-9-6-16-4-2-10(9)14(18)19/h2-7H,8H2,1H3/q+1. The molecule has 0 unspecified atom stereocenters. The van der Waals surface area contributed by atoms with E-state index >= 15 is 0 Å². The molecule has 0 fully saturated rings. The van der Waals surface area contributed by atoms with Gasteiger partial charge in [0, 0.05) is 35.1 Å². The van der Waals surface area contributed by atoms with Crippen LogP contribution in [0.2, 0.25) is 0 Å². The van der Waals surface area contributed by atoms with E-state index in [4.69, 9.17) is 0 Å². The monoisotopic (exact) mass is 279 g/mol. The number of pyridine rings is 2. The van der Waals surface area contributed by atoms with E-state index in [1.807, 2.05) is 36.1 Å². The number of aromatic nitrogens is 4. The van der Waals surface area contributed by atoms with Crippen molar-refractivity contribution in [1.82, 2.24) is 14.5 Å². The molecule has 0 radical (unpaired) electrons. The first kappa shape index (κ1) is 10.5. The number of thiophene rings is 1. The van der Waals surface area contributed by atoms with Crippen molar-refractivity contribution >= 4 is 31.8 Å². The Hall–Kier alpha value is -2.27. The van der Waals surface area contributed by atoms with E-state index in [2.05, 4.69) is 38.3 Å². The zero-order chi connectivity index (χ0) is 13.3. The second-order valence-electron chi connectivity index (χ2n) is 5.13. The first-order chi connectivity index (χ1) is 9.84. The van der Waals surface area contributed by atoms with Gasteiger partial charge in [-0.25, -0.2) is 9.13 Å². The Morgan fingerprint density at radius 1 is 1.20 bits per heavy atom. The molecule has 5 rings (SSSR count). The molecule has 1 aliphatic rings. The van der Waals surface area contributed by atoms with Crippen molar-refractivity contribution in [3.8, 4) is 11.4 Å². The molecule has 5 heterocycles. The molecule has 20 heavy (non-hydrogen) atoms. The van der Waals surface area contributed by atoms with E-state index in [0.717, 1.165) is 6.54 Å². The Labute approximate surface area is 119 Å². The van der Waals surface area contributed by atoms with Crippen molar-refractivity contribution in [2.75, 3.05) is 0 Å². The van der Waals surface area contributed by atoms with Gasteiger partial charge in [-0.1, -0.05) is 11.3 Å². The average molecular weight is 279 g/mol. The fourth-order valence-corrected chi connectivity index (χ4v) is 4.42. The molecule has 4 nitrogen and oxygen atoms in total. The van der Waals surface area contributed by atoms with Gasteiger partial charge in [-0.05, 0) is 12.1 Å². The maximum absolute atomic E-state index is 4.28. The smallest absolute Gasteiger partial charge is 0.264 e. The lowest BCUT2D eigenvalue weighted by Crippen LogP contribution is -2.30. The van der Waals surface area contributed by atoms with E-state index in [1.165, 1.54) is 37.4 Å². The Kier molecular flexibility index (Phi) is 1.80. The Bertz CT molecular complexity index is 996. The second-order valence-corrected chi connectivity index (χ2v) is 6.16. The first-order valence-corrected chi connectivity index (χ1v) is 7.34. The molecule has 0 N–H and O–H groups in total. The van der Waals surface area contributed by atoms with Gasteiger partial charge in [0.1, 0.15) is 6.54 Å². The normalized spacial score (nSPS) is 13.1. The van der Waals surface area contributed by atoms with Gasteiger partial charge in [0.05, 0.1) is 18.0 Å². The van der Waals surface area contributed by atoms with Crippen LogP contribution in [0.1, 0.15) is 5.56 Å². The van der Waals surface area contributed by atoms with Gasteiger partial charge in [-0.15, -0.1) is 0 Å². The minimum atomic E-state index is 0.913. The van der Waals surface area contributed by atoms with Crippen LogP contribution in [-0.2, 0) is 13.6 Å². The predicted octanol–water partition coefficient (Wildman–Crippen LogP) is 2.50. The highest BCUT2D eigenvalue weighted by atomic mass is 32.1. The highest BCUT2D eigenvalue weighted by Gasteiger charge is 2.34. The van der Waals surface area contributed by atoms with E-state index in [1.54, 1.807) is 0 Å². The molecule has 0 aromatic carbocycles. The third-order valence-corrected chi connectivity index (χ3v) is 5.26. The van der Waals surface area contributed by atoms with Crippen LogP contribution >= 0.6 is 11.3 Å². The molecule has 0 spiro atoms. The fraction of sp³-hybridized carbons (Fsp3) is 0.133. The summed E-state index contributed by atoms with van der Waals surface area (Å²) < 4.78 is 5.98. The quantitative estimate of drug-likeness (QED) is 0.408. The molecule has 5 heteroatoms. The van der Waals surface area contributed by atoms with Gasteiger partial charge < -0.3 is 0 Å². The number of hydrogen-bond donors (Lipinski definition) is 0. The zero-order valence-electron chi connectivity index (χ0n) is 10.9. The van der Waals surface area contributed by atoms with Crippen molar-refractivity contribution in [3.05, 3.63) is 42.5 Å². The molecule has 0 saturated heterocycles. The number of rotatable bonds is 0. The lowest BCUT2D eigenvalue weighted by Gasteiger charge is -1.94. The molecule has 0 bridgehead atoms. The molecule has 0 aliphatic carbocycles. The highest BCUT2D eigenvalue weighted by Crippen LogP contribution is 2.37. The third kappa shape index (κ3) is 1.10. The van der Waals surface area contributed by atoms with E-state index in [-0.39, 0.29) is 0 Å². The van der Waals surface area contributed by atoms with Crippen LogP contribution in [0.25, 0.3) is 31.8 Å². The molecule has 0 atom stereocenters. The lowest BCUT2D eigenvalue weighted by molar-refractivity contribution is -0.644. The van der Waals surface area contributed by atoms with Crippen molar-refractivity contribution < 1.29 is 4.57 Å². The van der Waals surface area contributed by atoms with Crippen molar-refractivity contribution in [2.45, 2.75) is 6.54 Å². The topological polar surface area (TPSA) is 34.6 Å². The van der Waals surface area contributed by atoms with Crippen LogP contribution in [0.3, 0.4) is 0 Å². The van der Waals surface area contributed by atoms with Gasteiger partial charge >= 0.3 is 0 Å². The van der Waals surface area contributed by atoms with E-state index < -0.39 is 0 Å². The summed E-state index contributed by atoms with van der Waals surface area (Å²) in [6.45, 7) is 0.913. The van der Waals surface area contributed by atoms with Gasteiger partial charge in [-0.2, -0.15) is 0 Å². The second kappa shape index (κ2) is 3.43. The van der Waals surface area contributed by atoms with Crippen LogP contribution in [-0.4, -0.2) is 14.5 Å². The molecule has 96 valence electrons. The Morgan fingerprint density at radius 2 is 2.05 bits per heavy atom. The molecule has 4 aromatic rings. The number of nitrogens with zero attached hydrogens (tertiary/aromatic N) is 4. The zero-order valence-corrected chi connectivity index (χ0v) is 11.7. The van der Waals surface area contributed by atoms with E-state index in [0.29, 0.717) is 0 Å². The summed E-state index contributed by atoms with van der Waals surface area (Å²) >= 11 is 1.84.